The molecule has 2 rings (SSSR count). The molecule has 0 spiro atoms. The van der Waals surface area contributed by atoms with Crippen LogP contribution in [-0.2, 0) is 11.3 Å². The van der Waals surface area contributed by atoms with E-state index in [1.807, 2.05) is 61.5 Å². The Morgan fingerprint density at radius 2 is 1.83 bits per heavy atom. The average Bonchev–Trinajstić information content (AvgIpc) is 2.58. The number of hydrazone groups is 1. The average molecular weight is 340 g/mol. The van der Waals surface area contributed by atoms with Gasteiger partial charge in [0.2, 0.25) is 5.91 Å². The number of carbonyl (C=O) groups excluding carboxylic acids is 1. The van der Waals surface area contributed by atoms with E-state index in [0.717, 1.165) is 22.5 Å². The van der Waals surface area contributed by atoms with Gasteiger partial charge in [0.15, 0.2) is 5.11 Å². The van der Waals surface area contributed by atoms with Crippen LogP contribution in [0.15, 0.2) is 59.7 Å². The molecule has 5 nitrogen and oxygen atoms in total. The molecule has 124 valence electrons. The van der Waals surface area contributed by atoms with E-state index in [0.29, 0.717) is 11.7 Å². The molecule has 0 saturated carbocycles. The molecule has 0 aliphatic carbocycles. The van der Waals surface area contributed by atoms with E-state index in [4.69, 9.17) is 12.2 Å². The van der Waals surface area contributed by atoms with Crippen LogP contribution in [0.3, 0.4) is 0 Å². The fourth-order valence-corrected chi connectivity index (χ4v) is 2.16. The summed E-state index contributed by atoms with van der Waals surface area (Å²) in [4.78, 5) is 11.1. The number of benzene rings is 2. The molecule has 2 aromatic rings. The highest BCUT2D eigenvalue weighted by atomic mass is 32.1. The minimum absolute atomic E-state index is 0.105. The lowest BCUT2D eigenvalue weighted by Gasteiger charge is -2.09. The van der Waals surface area contributed by atoms with E-state index < -0.39 is 0 Å². The van der Waals surface area contributed by atoms with Crippen LogP contribution in [0, 0.1) is 0 Å². The molecule has 0 saturated heterocycles. The van der Waals surface area contributed by atoms with Crippen molar-refractivity contribution in [1.29, 1.82) is 0 Å². The predicted octanol–water partition coefficient (Wildman–Crippen LogP) is 3.03. The minimum Gasteiger partial charge on any atom is -0.357 e. The first-order valence-corrected chi connectivity index (χ1v) is 7.95. The lowest BCUT2D eigenvalue weighted by atomic mass is 10.1. The van der Waals surface area contributed by atoms with Crippen LogP contribution in [0.2, 0.25) is 0 Å². The summed E-state index contributed by atoms with van der Waals surface area (Å²) in [6.45, 7) is 3.99. The zero-order chi connectivity index (χ0) is 17.4. The summed E-state index contributed by atoms with van der Waals surface area (Å²) in [5, 5.41) is 10.6. The quantitative estimate of drug-likeness (QED) is 0.445. The van der Waals surface area contributed by atoms with Crippen molar-refractivity contribution in [1.82, 2.24) is 10.7 Å². The molecular weight excluding hydrogens is 320 g/mol. The first-order chi connectivity index (χ1) is 11.5. The number of hydrogen-bond donors (Lipinski definition) is 3. The summed E-state index contributed by atoms with van der Waals surface area (Å²) >= 11 is 5.22. The summed E-state index contributed by atoms with van der Waals surface area (Å²) in [5.74, 6) is -0.105. The molecule has 0 aliphatic heterocycles. The smallest absolute Gasteiger partial charge is 0.221 e. The number of rotatable bonds is 5. The fourth-order valence-electron chi connectivity index (χ4n) is 2.04. The Morgan fingerprint density at radius 3 is 2.54 bits per heavy atom. The second kappa shape index (κ2) is 8.79. The first kappa shape index (κ1) is 17.6. The summed E-state index contributed by atoms with van der Waals surface area (Å²) in [6.07, 6.45) is 0. The minimum atomic E-state index is -0.105. The third kappa shape index (κ3) is 5.81. The van der Waals surface area contributed by atoms with E-state index in [2.05, 4.69) is 21.2 Å². The van der Waals surface area contributed by atoms with E-state index >= 15 is 0 Å². The normalized spacial score (nSPS) is 10.8. The number of carbonyl (C=O) groups is 1. The first-order valence-electron chi connectivity index (χ1n) is 7.54. The van der Waals surface area contributed by atoms with Crippen LogP contribution in [0.25, 0.3) is 0 Å². The maximum atomic E-state index is 11.1. The van der Waals surface area contributed by atoms with Crippen LogP contribution < -0.4 is 16.1 Å². The van der Waals surface area contributed by atoms with Crippen LogP contribution >= 0.6 is 12.2 Å². The largest absolute Gasteiger partial charge is 0.357 e. The van der Waals surface area contributed by atoms with Gasteiger partial charge in [-0.15, -0.1) is 0 Å². The van der Waals surface area contributed by atoms with Gasteiger partial charge in [0.25, 0.3) is 0 Å². The number of nitrogens with one attached hydrogen (secondary N) is 3. The molecular formula is C18H20N4OS. The summed E-state index contributed by atoms with van der Waals surface area (Å²) in [5.41, 5.74) is 6.38. The Balaban J connectivity index is 1.91. The molecule has 24 heavy (non-hydrogen) atoms. The maximum absolute atomic E-state index is 11.1. The Kier molecular flexibility index (Phi) is 6.45. The molecule has 0 unspecified atom stereocenters. The van der Waals surface area contributed by atoms with Crippen LogP contribution in [-0.4, -0.2) is 16.7 Å². The van der Waals surface area contributed by atoms with Gasteiger partial charge in [-0.1, -0.05) is 42.5 Å². The molecule has 3 N–H and O–H groups in total. The second-order valence-corrected chi connectivity index (χ2v) is 5.65. The Hall–Kier alpha value is -2.73. The highest BCUT2D eigenvalue weighted by molar-refractivity contribution is 7.80. The van der Waals surface area contributed by atoms with Crippen molar-refractivity contribution in [2.75, 3.05) is 5.32 Å². The number of amides is 1. The van der Waals surface area contributed by atoms with E-state index in [1.165, 1.54) is 6.92 Å². The van der Waals surface area contributed by atoms with Gasteiger partial charge in [0, 0.05) is 19.2 Å². The predicted molar refractivity (Wildman–Crippen MR) is 102 cm³/mol. The number of thiocarbonyl (C=S) groups is 1. The number of hydrogen-bond acceptors (Lipinski definition) is 3. The van der Waals surface area contributed by atoms with Crippen molar-refractivity contribution in [3.63, 3.8) is 0 Å². The van der Waals surface area contributed by atoms with Crippen LogP contribution in [0.5, 0.6) is 0 Å². The van der Waals surface area contributed by atoms with Gasteiger partial charge in [0.1, 0.15) is 0 Å². The Morgan fingerprint density at radius 1 is 1.08 bits per heavy atom. The zero-order valence-corrected chi connectivity index (χ0v) is 14.5. The standard InChI is InChI=1S/C18H20N4OS/c1-13(16-9-6-10-17(11-16)20-14(2)23)21-22-18(24)19-12-15-7-4-3-5-8-15/h3-11H,12H2,1-2H3,(H,20,23)(H2,19,22,24)/b21-13+. The monoisotopic (exact) mass is 340 g/mol. The molecule has 0 aliphatic rings. The fraction of sp³-hybridized carbons (Fsp3) is 0.167. The van der Waals surface area contributed by atoms with Crippen molar-refractivity contribution in [3.05, 3.63) is 65.7 Å². The summed E-state index contributed by atoms with van der Waals surface area (Å²) in [7, 11) is 0. The number of anilines is 1. The molecule has 0 radical (unpaired) electrons. The van der Waals surface area contributed by atoms with Gasteiger partial charge in [0.05, 0.1) is 5.71 Å². The van der Waals surface area contributed by atoms with Crippen molar-refractivity contribution >= 4 is 34.6 Å². The SMILES string of the molecule is CC(=O)Nc1cccc(/C(C)=N/NC(=S)NCc2ccccc2)c1. The molecule has 0 aromatic heterocycles. The van der Waals surface area contributed by atoms with Crippen LogP contribution in [0.4, 0.5) is 5.69 Å². The third-order valence-corrected chi connectivity index (χ3v) is 3.46. The maximum Gasteiger partial charge on any atom is 0.221 e. The van der Waals surface area contributed by atoms with Crippen molar-refractivity contribution < 1.29 is 4.79 Å². The Bertz CT molecular complexity index is 744. The summed E-state index contributed by atoms with van der Waals surface area (Å²) in [6, 6.07) is 17.5. The topological polar surface area (TPSA) is 65.5 Å². The van der Waals surface area contributed by atoms with Crippen LogP contribution in [0.1, 0.15) is 25.0 Å². The van der Waals surface area contributed by atoms with Crippen molar-refractivity contribution in [2.24, 2.45) is 5.10 Å². The van der Waals surface area contributed by atoms with Gasteiger partial charge >= 0.3 is 0 Å². The lowest BCUT2D eigenvalue weighted by Crippen LogP contribution is -2.32. The molecule has 1 amide bonds. The third-order valence-electron chi connectivity index (χ3n) is 3.22. The van der Waals surface area contributed by atoms with E-state index in [9.17, 15) is 4.79 Å². The zero-order valence-electron chi connectivity index (χ0n) is 13.7. The van der Waals surface area contributed by atoms with Gasteiger partial charge < -0.3 is 10.6 Å². The summed E-state index contributed by atoms with van der Waals surface area (Å²) < 4.78 is 0. The molecule has 0 atom stereocenters. The van der Waals surface area contributed by atoms with Gasteiger partial charge in [-0.3, -0.25) is 10.2 Å². The molecule has 0 heterocycles. The lowest BCUT2D eigenvalue weighted by molar-refractivity contribution is -0.114. The van der Waals surface area contributed by atoms with Gasteiger partial charge in [-0.05, 0) is 42.4 Å². The second-order valence-electron chi connectivity index (χ2n) is 5.24. The molecule has 0 bridgehead atoms. The molecule has 0 fully saturated rings. The highest BCUT2D eigenvalue weighted by Crippen LogP contribution is 2.11. The van der Waals surface area contributed by atoms with Gasteiger partial charge in [-0.2, -0.15) is 5.10 Å². The van der Waals surface area contributed by atoms with Crippen molar-refractivity contribution in [2.45, 2.75) is 20.4 Å². The Labute approximate surface area is 147 Å². The number of nitrogens with zero attached hydrogens (tertiary/aromatic N) is 1. The van der Waals surface area contributed by atoms with Gasteiger partial charge in [-0.25, -0.2) is 0 Å². The van der Waals surface area contributed by atoms with Crippen molar-refractivity contribution in [3.8, 4) is 0 Å². The molecule has 2 aromatic carbocycles. The van der Waals surface area contributed by atoms with E-state index in [-0.39, 0.29) is 5.91 Å². The molecule has 6 heteroatoms. The highest BCUT2D eigenvalue weighted by Gasteiger charge is 2.02. The van der Waals surface area contributed by atoms with E-state index in [1.54, 1.807) is 0 Å².